The van der Waals surface area contributed by atoms with Gasteiger partial charge in [0, 0.05) is 36.4 Å². The minimum Gasteiger partial charge on any atom is -0.359 e. The van der Waals surface area contributed by atoms with Crippen LogP contribution in [0.4, 0.5) is 5.69 Å². The maximum absolute atomic E-state index is 14.3. The van der Waals surface area contributed by atoms with Gasteiger partial charge in [-0.1, -0.05) is 86.3 Å². The Kier molecular flexibility index (Phi) is 9.13. The minimum absolute atomic E-state index is 0.0954. The van der Waals surface area contributed by atoms with Crippen molar-refractivity contribution < 1.29 is 19.1 Å². The Morgan fingerprint density at radius 3 is 2.59 bits per heavy atom. The molecule has 2 saturated heterocycles. The fourth-order valence-corrected chi connectivity index (χ4v) is 7.77. The van der Waals surface area contributed by atoms with Gasteiger partial charge in [-0.25, -0.2) is 0 Å². The molecule has 2 bridgehead atoms. The van der Waals surface area contributed by atoms with Gasteiger partial charge in [0.1, 0.15) is 11.6 Å². The highest BCUT2D eigenvalue weighted by Crippen LogP contribution is 2.55. The first-order valence-corrected chi connectivity index (χ1v) is 16.5. The number of nitrogens with zero attached hydrogens (tertiary/aromatic N) is 2. The number of aryl methyl sites for hydroxylation is 1. The Hall–Kier alpha value is -3.20. The third kappa shape index (κ3) is 5.92. The van der Waals surface area contributed by atoms with E-state index >= 15 is 0 Å². The molecule has 0 aromatic heterocycles. The Bertz CT molecular complexity index is 1410. The maximum Gasteiger partial charge on any atom is 0.246 e. The largest absolute Gasteiger partial charge is 0.359 e. The quantitative estimate of drug-likeness (QED) is 0.342. The summed E-state index contributed by atoms with van der Waals surface area (Å²) in [4.78, 5) is 46.2. The molecule has 44 heavy (non-hydrogen) atoms. The molecule has 234 valence electrons. The third-order valence-corrected chi connectivity index (χ3v) is 10.3. The van der Waals surface area contributed by atoms with Crippen molar-refractivity contribution in [3.63, 3.8) is 0 Å². The zero-order valence-corrected chi connectivity index (χ0v) is 26.4. The summed E-state index contributed by atoms with van der Waals surface area (Å²) in [6.07, 6.45) is 9.11. The first-order chi connectivity index (χ1) is 21.3. The van der Waals surface area contributed by atoms with Crippen molar-refractivity contribution in [1.29, 1.82) is 0 Å². The number of hydrogen-bond acceptors (Lipinski definition) is 5. The van der Waals surface area contributed by atoms with Gasteiger partial charge < -0.3 is 20.3 Å². The molecule has 2 aromatic carbocycles. The van der Waals surface area contributed by atoms with E-state index in [0.717, 1.165) is 50.9 Å². The highest BCUT2D eigenvalue weighted by molar-refractivity contribution is 6.31. The topological polar surface area (TPSA) is 91.0 Å². The Morgan fingerprint density at radius 2 is 1.86 bits per heavy atom. The van der Waals surface area contributed by atoms with Gasteiger partial charge in [-0.15, -0.1) is 0 Å². The second-order valence-corrected chi connectivity index (χ2v) is 13.1. The van der Waals surface area contributed by atoms with Gasteiger partial charge in [-0.05, 0) is 56.0 Å². The number of rotatable bonds is 11. The van der Waals surface area contributed by atoms with Gasteiger partial charge in [-0.2, -0.15) is 0 Å². The summed E-state index contributed by atoms with van der Waals surface area (Å²) in [5.74, 6) is -2.18. The van der Waals surface area contributed by atoms with Crippen LogP contribution in [0, 0.1) is 18.8 Å². The van der Waals surface area contributed by atoms with Gasteiger partial charge in [0.25, 0.3) is 0 Å². The van der Waals surface area contributed by atoms with Gasteiger partial charge in [-0.3, -0.25) is 19.3 Å². The fourth-order valence-electron chi connectivity index (χ4n) is 7.59. The second kappa shape index (κ2) is 13.0. The summed E-state index contributed by atoms with van der Waals surface area (Å²) >= 11 is 6.31. The number of likely N-dealkylation sites (tertiary alicyclic amines) is 1. The van der Waals surface area contributed by atoms with Crippen LogP contribution < -0.4 is 10.6 Å². The first-order valence-electron chi connectivity index (χ1n) is 16.1. The smallest absolute Gasteiger partial charge is 0.246 e. The number of anilines is 1. The number of carbonyl (C=O) groups is 3. The molecule has 0 radical (unpaired) electrons. The van der Waals surface area contributed by atoms with Crippen LogP contribution in [0.1, 0.15) is 56.6 Å². The predicted octanol–water partition coefficient (Wildman–Crippen LogP) is 5.10. The summed E-state index contributed by atoms with van der Waals surface area (Å²) in [6.45, 7) is 6.92. The van der Waals surface area contributed by atoms with Crippen molar-refractivity contribution in [2.75, 3.05) is 25.0 Å². The molecule has 2 aromatic rings. The second-order valence-electron chi connectivity index (χ2n) is 12.7. The molecule has 3 heterocycles. The minimum atomic E-state index is -1.16. The summed E-state index contributed by atoms with van der Waals surface area (Å²) in [7, 11) is 0. The molecular weight excluding hydrogens is 576 g/mol. The van der Waals surface area contributed by atoms with Crippen LogP contribution in [0.5, 0.6) is 0 Å². The van der Waals surface area contributed by atoms with E-state index in [9.17, 15) is 14.4 Å². The number of ether oxygens (including phenoxy) is 1. The van der Waals surface area contributed by atoms with E-state index in [1.54, 1.807) is 17.0 Å². The summed E-state index contributed by atoms with van der Waals surface area (Å²) in [5, 5.41) is 6.79. The molecule has 8 nitrogen and oxygen atoms in total. The van der Waals surface area contributed by atoms with E-state index in [1.807, 2.05) is 43.3 Å². The summed E-state index contributed by atoms with van der Waals surface area (Å²) in [6, 6.07) is 15.0. The standard InChI is InChI=1S/C35H43ClN4O4/c1-3-39(22-24-11-6-4-7-12-24)19-10-20-40-31(33(42)37-25-13-8-5-9-14-25)35-18-17-28(44-35)29(30(35)34(40)43)32(41)38-26-16-15-23(2)27(36)21-26/h4,6-7,11-12,15-18,21,25,28-31H,3,5,8-10,13-14,19-20,22H2,1-2H3,(H,37,42)(H,38,41)/t28-,29+,30-,31+,35+/m1/s1. The number of halogens is 1. The predicted molar refractivity (Wildman–Crippen MR) is 171 cm³/mol. The Labute approximate surface area is 265 Å². The molecule has 1 saturated carbocycles. The molecule has 4 aliphatic rings. The van der Waals surface area contributed by atoms with Crippen molar-refractivity contribution in [2.45, 2.75) is 82.7 Å². The van der Waals surface area contributed by atoms with Crippen LogP contribution in [-0.4, -0.2) is 70.9 Å². The van der Waals surface area contributed by atoms with Crippen molar-refractivity contribution in [3.05, 3.63) is 76.8 Å². The molecule has 1 aliphatic carbocycles. The lowest BCUT2D eigenvalue weighted by molar-refractivity contribution is -0.141. The van der Waals surface area contributed by atoms with Crippen molar-refractivity contribution in [3.8, 4) is 0 Å². The summed E-state index contributed by atoms with van der Waals surface area (Å²) in [5.41, 5.74) is 1.55. The third-order valence-electron chi connectivity index (χ3n) is 9.89. The van der Waals surface area contributed by atoms with E-state index < -0.39 is 29.6 Å². The highest BCUT2D eigenvalue weighted by Gasteiger charge is 2.72. The number of nitrogens with one attached hydrogen (secondary N) is 2. The van der Waals surface area contributed by atoms with E-state index in [0.29, 0.717) is 23.7 Å². The van der Waals surface area contributed by atoms with E-state index in [2.05, 4.69) is 34.6 Å². The number of benzene rings is 2. The van der Waals surface area contributed by atoms with Crippen LogP contribution in [-0.2, 0) is 25.7 Å². The molecule has 3 fully saturated rings. The van der Waals surface area contributed by atoms with Gasteiger partial charge in [0.05, 0.1) is 17.9 Å². The van der Waals surface area contributed by atoms with Gasteiger partial charge >= 0.3 is 0 Å². The highest BCUT2D eigenvalue weighted by atomic mass is 35.5. The molecular formula is C35H43ClN4O4. The maximum atomic E-state index is 14.3. The lowest BCUT2D eigenvalue weighted by Crippen LogP contribution is -2.56. The average molecular weight is 619 g/mol. The SMILES string of the molecule is CCN(CCCN1C(=O)[C@H]2[C@@H](C(=O)Nc3ccc(C)c(Cl)c3)[C@H]3C=C[C@@]2(O3)[C@@H]1C(=O)NC1CCCCC1)Cc1ccccc1. The molecule has 1 spiro atoms. The van der Waals surface area contributed by atoms with Crippen molar-refractivity contribution in [2.24, 2.45) is 11.8 Å². The van der Waals surface area contributed by atoms with E-state index in [-0.39, 0.29) is 23.8 Å². The van der Waals surface area contributed by atoms with Crippen molar-refractivity contribution >= 4 is 35.0 Å². The van der Waals surface area contributed by atoms with Crippen LogP contribution in [0.2, 0.25) is 5.02 Å². The van der Waals surface area contributed by atoms with Crippen LogP contribution in [0.25, 0.3) is 0 Å². The number of amides is 3. The summed E-state index contributed by atoms with van der Waals surface area (Å²) < 4.78 is 6.52. The van der Waals surface area contributed by atoms with Crippen LogP contribution in [0.15, 0.2) is 60.7 Å². The molecule has 6 rings (SSSR count). The Morgan fingerprint density at radius 1 is 1.09 bits per heavy atom. The molecule has 5 atom stereocenters. The monoisotopic (exact) mass is 618 g/mol. The van der Waals surface area contributed by atoms with Crippen LogP contribution in [0.3, 0.4) is 0 Å². The van der Waals surface area contributed by atoms with Gasteiger partial charge in [0.15, 0.2) is 0 Å². The number of carbonyl (C=O) groups excluding carboxylic acids is 3. The lowest BCUT2D eigenvalue weighted by atomic mass is 9.74. The average Bonchev–Trinajstić information content (AvgIpc) is 3.67. The molecule has 0 unspecified atom stereocenters. The normalized spacial score (nSPS) is 27.6. The molecule has 3 aliphatic heterocycles. The number of hydrogen-bond donors (Lipinski definition) is 2. The lowest BCUT2D eigenvalue weighted by Gasteiger charge is -2.34. The molecule has 2 N–H and O–H groups in total. The fraction of sp³-hybridized carbons (Fsp3) is 0.514. The van der Waals surface area contributed by atoms with Gasteiger partial charge in [0.2, 0.25) is 17.7 Å². The molecule has 3 amide bonds. The zero-order valence-electron chi connectivity index (χ0n) is 25.6. The zero-order chi connectivity index (χ0) is 30.8. The number of fused-ring (bicyclic) bond motifs is 1. The van der Waals surface area contributed by atoms with E-state index in [4.69, 9.17) is 16.3 Å². The van der Waals surface area contributed by atoms with E-state index in [1.165, 1.54) is 12.0 Å². The Balaban J connectivity index is 1.22. The molecule has 9 heteroatoms. The first kappa shape index (κ1) is 30.8. The van der Waals surface area contributed by atoms with Crippen molar-refractivity contribution in [1.82, 2.24) is 15.1 Å². The van der Waals surface area contributed by atoms with Crippen LogP contribution >= 0.6 is 11.6 Å².